The predicted octanol–water partition coefficient (Wildman–Crippen LogP) is 18.5. The molecule has 2 aromatic heterocycles. The van der Waals surface area contributed by atoms with E-state index in [-0.39, 0.29) is 42.7 Å². The van der Waals surface area contributed by atoms with Crippen molar-refractivity contribution < 1.29 is 25.8 Å². The van der Waals surface area contributed by atoms with Crippen molar-refractivity contribution in [1.82, 2.24) is 9.55 Å². The van der Waals surface area contributed by atoms with Crippen LogP contribution in [0, 0.1) is 18.8 Å². The van der Waals surface area contributed by atoms with Gasteiger partial charge in [-0.3, -0.25) is 0 Å². The standard InChI is InChI=1S/C71H65N4O.Pt/c1-67(2,3)45-37-52-53-38-46(68(4,5)6)40-57(70(10,11)12)65(53)71(64(52)56(39-45)69(7,8)9)54-35-33-48(76-47-32-34-51-50-26-17-19-29-59(50)75(61(51)41-47)63-31-20-21-36-72-63)42-62(54)74-43-73(60-30-22-27-55(71)66(60)74)58-28-18-16-25-49(58)44-23-14-13-15-24-44;/h13-40,43H,1-12H3;/q-3;. The van der Waals surface area contributed by atoms with Crippen LogP contribution in [-0.2, 0) is 48.1 Å². The van der Waals surface area contributed by atoms with Gasteiger partial charge >= 0.3 is 0 Å². The van der Waals surface area contributed by atoms with Gasteiger partial charge in [0.25, 0.3) is 0 Å². The minimum Gasteiger partial charge on any atom is -0.509 e. The number of rotatable bonds is 5. The van der Waals surface area contributed by atoms with Crippen LogP contribution >= 0.6 is 0 Å². The zero-order chi connectivity index (χ0) is 52.8. The molecule has 0 N–H and O–H groups in total. The number of benzene rings is 8. The van der Waals surface area contributed by atoms with Crippen LogP contribution in [0.5, 0.6) is 11.5 Å². The van der Waals surface area contributed by atoms with Crippen molar-refractivity contribution in [3.05, 3.63) is 233 Å². The SMILES string of the molecule is CC(C)(C)c1cc2c(c(C(C)(C)C)c1)C1(c3ccc(Oc4[c-]c5c(cc4)c4ccccc4n5-c4ccccn4)[c-]c3N3[CH-]N(c4ccccc4-c4ccccc4)c4cccc1c43)c1c-2cc(C(C)(C)C)cc1C(C)(C)C.[Pt]. The fourth-order valence-electron chi connectivity index (χ4n) is 12.6. The molecule has 0 atom stereocenters. The molecule has 388 valence electrons. The van der Waals surface area contributed by atoms with E-state index in [1.807, 2.05) is 30.5 Å². The molecule has 6 heteroatoms. The number of aromatic nitrogens is 2. The Morgan fingerprint density at radius 1 is 0.494 bits per heavy atom. The number of nitrogens with zero attached hydrogens (tertiary/aromatic N) is 4. The largest absolute Gasteiger partial charge is 0.509 e. The van der Waals surface area contributed by atoms with Crippen molar-refractivity contribution in [3.63, 3.8) is 0 Å². The van der Waals surface area contributed by atoms with E-state index in [1.165, 1.54) is 61.2 Å². The molecule has 0 unspecified atom stereocenters. The normalized spacial score (nSPS) is 14.4. The van der Waals surface area contributed by atoms with Gasteiger partial charge in [0.05, 0.1) is 0 Å². The van der Waals surface area contributed by atoms with Crippen molar-refractivity contribution in [1.29, 1.82) is 0 Å². The number of pyridine rings is 1. The van der Waals surface area contributed by atoms with Gasteiger partial charge in [-0.1, -0.05) is 203 Å². The molecule has 0 saturated heterocycles. The van der Waals surface area contributed by atoms with Crippen molar-refractivity contribution >= 4 is 44.6 Å². The summed E-state index contributed by atoms with van der Waals surface area (Å²) in [6, 6.07) is 67.8. The molecular formula is C71H65N4OPt-3. The first-order valence-corrected chi connectivity index (χ1v) is 27.0. The van der Waals surface area contributed by atoms with Crippen molar-refractivity contribution in [2.75, 3.05) is 9.80 Å². The van der Waals surface area contributed by atoms with Crippen LogP contribution < -0.4 is 14.5 Å². The Hall–Kier alpha value is -7.20. The van der Waals surface area contributed by atoms with Gasteiger partial charge in [0.1, 0.15) is 5.82 Å². The van der Waals surface area contributed by atoms with Gasteiger partial charge in [-0.05, 0) is 113 Å². The van der Waals surface area contributed by atoms with E-state index < -0.39 is 5.41 Å². The molecule has 0 saturated carbocycles. The van der Waals surface area contributed by atoms with Gasteiger partial charge in [0, 0.05) is 72.3 Å². The van der Waals surface area contributed by atoms with E-state index in [2.05, 4.69) is 256 Å². The zero-order valence-corrected chi connectivity index (χ0v) is 48.5. The van der Waals surface area contributed by atoms with Crippen LogP contribution in [0.2, 0.25) is 0 Å². The molecule has 2 aliphatic heterocycles. The third-order valence-corrected chi connectivity index (χ3v) is 16.3. The van der Waals surface area contributed by atoms with E-state index >= 15 is 0 Å². The van der Waals surface area contributed by atoms with E-state index in [0.717, 1.165) is 55.9 Å². The Morgan fingerprint density at radius 3 is 1.74 bits per heavy atom. The van der Waals surface area contributed by atoms with Gasteiger partial charge in [0.15, 0.2) is 0 Å². The molecule has 77 heavy (non-hydrogen) atoms. The second-order valence-corrected chi connectivity index (χ2v) is 25.4. The second-order valence-electron chi connectivity index (χ2n) is 25.4. The smallest absolute Gasteiger partial charge is 0.135 e. The average molecular weight is 1190 g/mol. The topological polar surface area (TPSA) is 33.5 Å². The number of anilines is 4. The summed E-state index contributed by atoms with van der Waals surface area (Å²) in [4.78, 5) is 9.61. The molecular weight excluding hydrogens is 1120 g/mol. The molecule has 1 spiro atoms. The molecule has 1 aliphatic carbocycles. The molecule has 0 fully saturated rings. The zero-order valence-electron chi connectivity index (χ0n) is 46.3. The molecule has 3 aliphatic rings. The van der Waals surface area contributed by atoms with Gasteiger partial charge in [-0.25, -0.2) is 4.98 Å². The van der Waals surface area contributed by atoms with E-state index in [1.54, 1.807) is 0 Å². The summed E-state index contributed by atoms with van der Waals surface area (Å²) in [6.07, 6.45) is 1.84. The maximum absolute atomic E-state index is 7.08. The van der Waals surface area contributed by atoms with Gasteiger partial charge < -0.3 is 19.1 Å². The minimum absolute atomic E-state index is 0. The quantitative estimate of drug-likeness (QED) is 0.161. The number of ether oxygens (including phenoxy) is 1. The molecule has 13 rings (SSSR count). The van der Waals surface area contributed by atoms with E-state index in [9.17, 15) is 0 Å². The molecule has 4 heterocycles. The maximum atomic E-state index is 7.08. The number of fused-ring (bicyclic) bond motifs is 12. The van der Waals surface area contributed by atoms with Crippen LogP contribution in [0.15, 0.2) is 170 Å². The van der Waals surface area contributed by atoms with Crippen molar-refractivity contribution in [2.24, 2.45) is 0 Å². The third kappa shape index (κ3) is 7.77. The Balaban J connectivity index is 0.00000596. The van der Waals surface area contributed by atoms with Crippen molar-refractivity contribution in [2.45, 2.75) is 110 Å². The Morgan fingerprint density at radius 2 is 1.09 bits per heavy atom. The van der Waals surface area contributed by atoms with E-state index in [0.29, 0.717) is 11.5 Å². The van der Waals surface area contributed by atoms with Gasteiger partial charge in [-0.2, -0.15) is 12.1 Å². The summed E-state index contributed by atoms with van der Waals surface area (Å²) in [7, 11) is 0. The third-order valence-electron chi connectivity index (χ3n) is 16.3. The number of para-hydroxylation sites is 3. The van der Waals surface area contributed by atoms with Crippen LogP contribution in [-0.4, -0.2) is 9.55 Å². The summed E-state index contributed by atoms with van der Waals surface area (Å²) in [5.41, 5.74) is 20.4. The van der Waals surface area contributed by atoms with Crippen molar-refractivity contribution in [3.8, 4) is 39.6 Å². The van der Waals surface area contributed by atoms with Gasteiger partial charge in [0.2, 0.25) is 0 Å². The monoisotopic (exact) mass is 1180 g/mol. The fraction of sp³-hybridized carbons (Fsp3) is 0.239. The maximum Gasteiger partial charge on any atom is 0.135 e. The molecule has 0 bridgehead atoms. The summed E-state index contributed by atoms with van der Waals surface area (Å²) < 4.78 is 9.26. The van der Waals surface area contributed by atoms with Crippen LogP contribution in [0.4, 0.5) is 22.7 Å². The van der Waals surface area contributed by atoms with Gasteiger partial charge in [-0.15, -0.1) is 41.9 Å². The van der Waals surface area contributed by atoms with Crippen LogP contribution in [0.1, 0.15) is 128 Å². The van der Waals surface area contributed by atoms with E-state index in [4.69, 9.17) is 9.72 Å². The minimum atomic E-state index is -0.758. The first kappa shape index (κ1) is 50.6. The second kappa shape index (κ2) is 17.7. The van der Waals surface area contributed by atoms with Crippen LogP contribution in [0.3, 0.4) is 0 Å². The number of hydrogen-bond donors (Lipinski definition) is 0. The fourth-order valence-corrected chi connectivity index (χ4v) is 12.6. The molecule has 0 radical (unpaired) electrons. The first-order chi connectivity index (χ1) is 36.2. The molecule has 0 amide bonds. The average Bonchev–Trinajstić information content (AvgIpc) is 4.27. The Bertz CT molecular complexity index is 3910. The summed E-state index contributed by atoms with van der Waals surface area (Å²) >= 11 is 0. The first-order valence-electron chi connectivity index (χ1n) is 27.0. The van der Waals surface area contributed by atoms with Crippen LogP contribution in [0.25, 0.3) is 49.9 Å². The molecule has 5 nitrogen and oxygen atoms in total. The Kier molecular flexibility index (Phi) is 11.6. The molecule has 8 aromatic carbocycles. The Labute approximate surface area is 469 Å². The molecule has 10 aromatic rings. The summed E-state index contributed by atoms with van der Waals surface area (Å²) in [5.74, 6) is 2.04. The predicted molar refractivity (Wildman–Crippen MR) is 315 cm³/mol. The number of hydrogen-bond acceptors (Lipinski definition) is 4. The summed E-state index contributed by atoms with van der Waals surface area (Å²) in [5, 5.41) is 2.23. The summed E-state index contributed by atoms with van der Waals surface area (Å²) in [6.45, 7) is 30.9.